The van der Waals surface area contributed by atoms with Gasteiger partial charge < -0.3 is 0 Å². The Morgan fingerprint density at radius 2 is 1.91 bits per heavy atom. The smallest absolute Gasteiger partial charge is 0.275 e. The second kappa shape index (κ2) is 3.48. The summed E-state index contributed by atoms with van der Waals surface area (Å²) < 4.78 is 23.1. The highest BCUT2D eigenvalue weighted by molar-refractivity contribution is 7.87. The summed E-state index contributed by atoms with van der Waals surface area (Å²) in [6.07, 6.45) is 2.29. The van der Waals surface area contributed by atoms with Crippen LogP contribution >= 0.6 is 0 Å². The number of hydrogen-bond donors (Lipinski definition) is 2. The molecule has 1 fully saturated rings. The van der Waals surface area contributed by atoms with Crippen molar-refractivity contribution in [2.75, 3.05) is 19.8 Å². The van der Waals surface area contributed by atoms with Gasteiger partial charge in [-0.3, -0.25) is 4.90 Å². The molecule has 6 heteroatoms. The molecule has 3 N–H and O–H groups in total. The maximum absolute atomic E-state index is 10.4. The van der Waals surface area contributed by atoms with E-state index in [4.69, 9.17) is 5.14 Å². The Kier molecular flexibility index (Phi) is 2.83. The average molecular weight is 179 g/mol. The summed E-state index contributed by atoms with van der Waals surface area (Å²) in [5.41, 5.74) is 0. The summed E-state index contributed by atoms with van der Waals surface area (Å²) in [7, 11) is -3.50. The number of rotatable bonds is 3. The second-order valence-corrected chi connectivity index (χ2v) is 4.05. The molecule has 11 heavy (non-hydrogen) atoms. The molecule has 0 saturated carbocycles. The SMILES string of the molecule is NS(=O)(=O)NCN1CCCC1. The van der Waals surface area contributed by atoms with Gasteiger partial charge in [0.05, 0.1) is 6.67 Å². The van der Waals surface area contributed by atoms with Crippen molar-refractivity contribution in [3.8, 4) is 0 Å². The lowest BCUT2D eigenvalue weighted by molar-refractivity contribution is 0.334. The average Bonchev–Trinajstić information content (AvgIpc) is 2.32. The summed E-state index contributed by atoms with van der Waals surface area (Å²) in [6, 6.07) is 0. The maximum atomic E-state index is 10.4. The highest BCUT2D eigenvalue weighted by Gasteiger charge is 2.12. The van der Waals surface area contributed by atoms with E-state index in [1.165, 1.54) is 0 Å². The Hall–Kier alpha value is -0.170. The molecule has 5 nitrogen and oxygen atoms in total. The topological polar surface area (TPSA) is 75.4 Å². The number of likely N-dealkylation sites (tertiary alicyclic amines) is 1. The van der Waals surface area contributed by atoms with Crippen molar-refractivity contribution in [3.05, 3.63) is 0 Å². The monoisotopic (exact) mass is 179 g/mol. The second-order valence-electron chi connectivity index (χ2n) is 2.67. The Morgan fingerprint density at radius 1 is 1.36 bits per heavy atom. The van der Waals surface area contributed by atoms with Crippen molar-refractivity contribution < 1.29 is 8.42 Å². The fourth-order valence-electron chi connectivity index (χ4n) is 1.12. The van der Waals surface area contributed by atoms with E-state index in [2.05, 4.69) is 4.72 Å². The molecule has 0 spiro atoms. The van der Waals surface area contributed by atoms with Crippen molar-refractivity contribution in [1.29, 1.82) is 0 Å². The quantitative estimate of drug-likeness (QED) is 0.573. The van der Waals surface area contributed by atoms with E-state index in [0.29, 0.717) is 6.67 Å². The first-order valence-corrected chi connectivity index (χ1v) is 5.12. The molecule has 1 saturated heterocycles. The van der Waals surface area contributed by atoms with Crippen LogP contribution in [0.4, 0.5) is 0 Å². The van der Waals surface area contributed by atoms with Gasteiger partial charge in [-0.1, -0.05) is 0 Å². The molecule has 66 valence electrons. The molecule has 0 aliphatic carbocycles. The van der Waals surface area contributed by atoms with E-state index in [1.807, 2.05) is 4.90 Å². The minimum Gasteiger partial charge on any atom is -0.290 e. The predicted octanol–water partition coefficient (Wildman–Crippen LogP) is -1.17. The van der Waals surface area contributed by atoms with Crippen molar-refractivity contribution >= 4 is 10.2 Å². The van der Waals surface area contributed by atoms with Crippen LogP contribution in [0, 0.1) is 0 Å². The van der Waals surface area contributed by atoms with Crippen LogP contribution in [0.1, 0.15) is 12.8 Å². The van der Waals surface area contributed by atoms with Gasteiger partial charge in [-0.2, -0.15) is 13.1 Å². The first-order valence-electron chi connectivity index (χ1n) is 3.58. The van der Waals surface area contributed by atoms with Gasteiger partial charge in [0.2, 0.25) is 0 Å². The molecule has 1 heterocycles. The minimum absolute atomic E-state index is 0.346. The summed E-state index contributed by atoms with van der Waals surface area (Å²) in [5, 5.41) is 4.75. The van der Waals surface area contributed by atoms with Crippen molar-refractivity contribution in [1.82, 2.24) is 9.62 Å². The molecule has 1 aliphatic rings. The van der Waals surface area contributed by atoms with Crippen LogP contribution in [-0.4, -0.2) is 33.1 Å². The maximum Gasteiger partial charge on any atom is 0.275 e. The third-order valence-corrected chi connectivity index (χ3v) is 2.22. The Labute approximate surface area is 66.7 Å². The van der Waals surface area contributed by atoms with Crippen LogP contribution in [0.5, 0.6) is 0 Å². The fourth-order valence-corrected chi connectivity index (χ4v) is 1.48. The van der Waals surface area contributed by atoms with Crippen LogP contribution in [0.15, 0.2) is 0 Å². The first kappa shape index (κ1) is 8.92. The minimum atomic E-state index is -3.50. The van der Waals surface area contributed by atoms with Gasteiger partial charge >= 0.3 is 0 Å². The van der Waals surface area contributed by atoms with E-state index in [1.54, 1.807) is 0 Å². The zero-order valence-corrected chi connectivity index (χ0v) is 7.10. The molecular formula is C5H13N3O2S. The zero-order chi connectivity index (χ0) is 8.32. The van der Waals surface area contributed by atoms with Crippen LogP contribution in [0.2, 0.25) is 0 Å². The predicted molar refractivity (Wildman–Crippen MR) is 41.9 cm³/mol. The van der Waals surface area contributed by atoms with E-state index in [0.717, 1.165) is 25.9 Å². The molecule has 1 aliphatic heterocycles. The van der Waals surface area contributed by atoms with Gasteiger partial charge in [0.15, 0.2) is 0 Å². The van der Waals surface area contributed by atoms with Crippen molar-refractivity contribution in [2.24, 2.45) is 5.14 Å². The standard InChI is InChI=1S/C5H13N3O2S/c6-11(9,10)7-5-8-3-1-2-4-8/h7H,1-5H2,(H2,6,9,10). The van der Waals surface area contributed by atoms with Crippen LogP contribution in [0.3, 0.4) is 0 Å². The highest BCUT2D eigenvalue weighted by atomic mass is 32.2. The Morgan fingerprint density at radius 3 is 2.36 bits per heavy atom. The number of nitrogens with zero attached hydrogens (tertiary/aromatic N) is 1. The third kappa shape index (κ3) is 3.66. The molecule has 0 radical (unpaired) electrons. The van der Waals surface area contributed by atoms with E-state index in [9.17, 15) is 8.42 Å². The zero-order valence-electron chi connectivity index (χ0n) is 6.28. The molecule has 0 atom stereocenters. The number of nitrogens with two attached hydrogens (primary N) is 1. The summed E-state index contributed by atoms with van der Waals surface area (Å²) in [6.45, 7) is 2.27. The molecule has 0 amide bonds. The first-order chi connectivity index (χ1) is 5.08. The van der Waals surface area contributed by atoms with E-state index in [-0.39, 0.29) is 0 Å². The molecule has 0 aromatic carbocycles. The van der Waals surface area contributed by atoms with Crippen LogP contribution in [-0.2, 0) is 10.2 Å². The van der Waals surface area contributed by atoms with Crippen molar-refractivity contribution in [2.45, 2.75) is 12.8 Å². The van der Waals surface area contributed by atoms with E-state index < -0.39 is 10.2 Å². The van der Waals surface area contributed by atoms with Gasteiger partial charge in [0.1, 0.15) is 0 Å². The number of nitrogens with one attached hydrogen (secondary N) is 1. The van der Waals surface area contributed by atoms with Gasteiger partial charge in [-0.15, -0.1) is 0 Å². The fraction of sp³-hybridized carbons (Fsp3) is 1.00. The molecular weight excluding hydrogens is 166 g/mol. The molecule has 0 unspecified atom stereocenters. The summed E-state index contributed by atoms with van der Waals surface area (Å²) >= 11 is 0. The lowest BCUT2D eigenvalue weighted by atomic mass is 10.4. The third-order valence-electron chi connectivity index (χ3n) is 1.69. The van der Waals surface area contributed by atoms with Gasteiger partial charge in [0, 0.05) is 0 Å². The molecule has 0 aromatic heterocycles. The largest absolute Gasteiger partial charge is 0.290 e. The summed E-state index contributed by atoms with van der Waals surface area (Å²) in [4.78, 5) is 2.02. The Bertz CT molecular complexity index is 208. The molecule has 0 bridgehead atoms. The highest BCUT2D eigenvalue weighted by Crippen LogP contribution is 2.04. The van der Waals surface area contributed by atoms with E-state index >= 15 is 0 Å². The molecule has 0 aromatic rings. The van der Waals surface area contributed by atoms with Crippen molar-refractivity contribution in [3.63, 3.8) is 0 Å². The van der Waals surface area contributed by atoms with Crippen LogP contribution < -0.4 is 9.86 Å². The number of hydrogen-bond acceptors (Lipinski definition) is 3. The van der Waals surface area contributed by atoms with Gasteiger partial charge in [-0.25, -0.2) is 5.14 Å². The molecule has 1 rings (SSSR count). The lowest BCUT2D eigenvalue weighted by Gasteiger charge is -2.13. The summed E-state index contributed by atoms with van der Waals surface area (Å²) in [5.74, 6) is 0. The van der Waals surface area contributed by atoms with Gasteiger partial charge in [0.25, 0.3) is 10.2 Å². The van der Waals surface area contributed by atoms with Gasteiger partial charge in [-0.05, 0) is 25.9 Å². The van der Waals surface area contributed by atoms with Crippen LogP contribution in [0.25, 0.3) is 0 Å². The lowest BCUT2D eigenvalue weighted by Crippen LogP contribution is -2.39. The normalized spacial score (nSPS) is 20.8. The Balaban J connectivity index is 2.22.